The fraction of sp³-hybridized carbons (Fsp3) is 0.182. The number of aromatic nitrogens is 2. The van der Waals surface area contributed by atoms with Crippen LogP contribution >= 0.6 is 23.4 Å². The molecule has 0 aliphatic carbocycles. The smallest absolute Gasteiger partial charge is 0.250 e. The van der Waals surface area contributed by atoms with Gasteiger partial charge < -0.3 is 4.74 Å². The Hall–Kier alpha value is -2.90. The lowest BCUT2D eigenvalue weighted by Gasteiger charge is -2.06. The highest BCUT2D eigenvalue weighted by molar-refractivity contribution is 7.99. The predicted molar refractivity (Wildman–Crippen MR) is 120 cm³/mol. The van der Waals surface area contributed by atoms with E-state index in [4.69, 9.17) is 16.3 Å². The molecular weight excluding hydrogens is 420 g/mol. The van der Waals surface area contributed by atoms with Gasteiger partial charge in [0.05, 0.1) is 12.0 Å². The number of nitrogens with zero attached hydrogens (tertiary/aromatic N) is 3. The normalized spacial score (nSPS) is 10.9. The highest BCUT2D eigenvalue weighted by Crippen LogP contribution is 2.16. The quantitative estimate of drug-likeness (QED) is 0.240. The largest absolute Gasteiger partial charge is 0.489 e. The third-order valence-corrected chi connectivity index (χ3v) is 5.00. The minimum Gasteiger partial charge on any atom is -0.489 e. The van der Waals surface area contributed by atoms with E-state index in [2.05, 4.69) is 20.5 Å². The van der Waals surface area contributed by atoms with Crippen LogP contribution in [-0.2, 0) is 11.4 Å². The monoisotopic (exact) mass is 440 g/mol. The molecular formula is C22H21ClN4O2S. The van der Waals surface area contributed by atoms with Crippen molar-refractivity contribution in [2.75, 3.05) is 5.75 Å². The number of carbonyl (C=O) groups is 1. The third kappa shape index (κ3) is 7.17. The molecule has 0 atom stereocenters. The second-order valence-electron chi connectivity index (χ2n) is 6.50. The van der Waals surface area contributed by atoms with E-state index in [0.717, 1.165) is 28.3 Å². The highest BCUT2D eigenvalue weighted by Gasteiger charge is 2.05. The summed E-state index contributed by atoms with van der Waals surface area (Å²) in [5.74, 6) is 0.718. The third-order valence-electron chi connectivity index (χ3n) is 3.90. The maximum Gasteiger partial charge on any atom is 0.250 e. The van der Waals surface area contributed by atoms with E-state index in [9.17, 15) is 4.79 Å². The fourth-order valence-corrected chi connectivity index (χ4v) is 3.36. The Morgan fingerprint density at radius 2 is 1.77 bits per heavy atom. The summed E-state index contributed by atoms with van der Waals surface area (Å²) < 4.78 is 5.75. The van der Waals surface area contributed by atoms with Gasteiger partial charge in [-0.1, -0.05) is 35.5 Å². The Bertz CT molecular complexity index is 1000. The molecule has 3 rings (SSSR count). The molecule has 30 heavy (non-hydrogen) atoms. The zero-order valence-electron chi connectivity index (χ0n) is 16.6. The van der Waals surface area contributed by atoms with Gasteiger partial charge in [-0.2, -0.15) is 5.10 Å². The van der Waals surface area contributed by atoms with Crippen LogP contribution in [-0.4, -0.2) is 27.8 Å². The number of aryl methyl sites for hydroxylation is 2. The van der Waals surface area contributed by atoms with Crippen molar-refractivity contribution in [1.29, 1.82) is 0 Å². The molecule has 0 saturated heterocycles. The van der Waals surface area contributed by atoms with Gasteiger partial charge in [-0.05, 0) is 67.4 Å². The van der Waals surface area contributed by atoms with Crippen LogP contribution < -0.4 is 10.2 Å². The van der Waals surface area contributed by atoms with E-state index in [1.165, 1.54) is 11.8 Å². The van der Waals surface area contributed by atoms with E-state index in [0.29, 0.717) is 16.8 Å². The summed E-state index contributed by atoms with van der Waals surface area (Å²) in [6, 6.07) is 16.9. The highest BCUT2D eigenvalue weighted by atomic mass is 35.5. The molecule has 0 bridgehead atoms. The first-order chi connectivity index (χ1) is 14.5. The molecule has 0 fully saturated rings. The van der Waals surface area contributed by atoms with Gasteiger partial charge in [0.15, 0.2) is 5.16 Å². The Morgan fingerprint density at radius 3 is 2.43 bits per heavy atom. The van der Waals surface area contributed by atoms with E-state index in [1.54, 1.807) is 6.21 Å². The van der Waals surface area contributed by atoms with Gasteiger partial charge in [0, 0.05) is 16.4 Å². The Morgan fingerprint density at radius 1 is 1.10 bits per heavy atom. The van der Waals surface area contributed by atoms with Gasteiger partial charge in [0.1, 0.15) is 12.4 Å². The average molecular weight is 441 g/mol. The van der Waals surface area contributed by atoms with Crippen molar-refractivity contribution < 1.29 is 9.53 Å². The molecule has 0 spiro atoms. The number of halogens is 1. The zero-order valence-corrected chi connectivity index (χ0v) is 18.2. The molecule has 1 heterocycles. The summed E-state index contributed by atoms with van der Waals surface area (Å²) >= 11 is 7.16. The average Bonchev–Trinajstić information content (AvgIpc) is 2.72. The number of benzene rings is 2. The van der Waals surface area contributed by atoms with E-state index in [-0.39, 0.29) is 11.7 Å². The molecule has 0 saturated carbocycles. The van der Waals surface area contributed by atoms with Crippen molar-refractivity contribution >= 4 is 35.5 Å². The lowest BCUT2D eigenvalue weighted by Crippen LogP contribution is -2.19. The van der Waals surface area contributed by atoms with Crippen molar-refractivity contribution in [2.45, 2.75) is 25.6 Å². The topological polar surface area (TPSA) is 76.5 Å². The van der Waals surface area contributed by atoms with Crippen molar-refractivity contribution in [2.24, 2.45) is 5.10 Å². The minimum absolute atomic E-state index is 0.192. The maximum atomic E-state index is 11.9. The van der Waals surface area contributed by atoms with E-state index >= 15 is 0 Å². The number of hydrogen-bond acceptors (Lipinski definition) is 6. The molecule has 6 nitrogen and oxygen atoms in total. The summed E-state index contributed by atoms with van der Waals surface area (Å²) in [6.07, 6.45) is 1.58. The molecule has 3 aromatic rings. The molecule has 2 aromatic carbocycles. The van der Waals surface area contributed by atoms with Crippen molar-refractivity contribution in [1.82, 2.24) is 15.4 Å². The molecule has 154 valence electrons. The summed E-state index contributed by atoms with van der Waals surface area (Å²) in [6.45, 7) is 4.26. The Labute approximate surface area is 184 Å². The first-order valence-corrected chi connectivity index (χ1v) is 10.6. The number of ether oxygens (including phenoxy) is 1. The number of nitrogens with one attached hydrogen (secondary N) is 1. The van der Waals surface area contributed by atoms with Gasteiger partial charge in [-0.3, -0.25) is 4.79 Å². The number of carbonyl (C=O) groups excluding carboxylic acids is 1. The van der Waals surface area contributed by atoms with E-state index < -0.39 is 0 Å². The molecule has 1 N–H and O–H groups in total. The van der Waals surface area contributed by atoms with E-state index in [1.807, 2.05) is 68.4 Å². The molecule has 8 heteroatoms. The molecule has 1 aromatic heterocycles. The van der Waals surface area contributed by atoms with Gasteiger partial charge in [0.2, 0.25) is 0 Å². The first kappa shape index (κ1) is 21.8. The maximum absolute atomic E-state index is 11.9. The Kier molecular flexibility index (Phi) is 7.82. The second kappa shape index (κ2) is 10.8. The lowest BCUT2D eigenvalue weighted by molar-refractivity contribution is -0.118. The number of amides is 1. The predicted octanol–water partition coefficient (Wildman–Crippen LogP) is 4.57. The SMILES string of the molecule is Cc1cc(C)nc(SCC(=O)N/N=C\c2ccc(OCc3ccc(Cl)cc3)cc2)n1. The van der Waals surface area contributed by atoms with Crippen LogP contribution in [0.25, 0.3) is 0 Å². The van der Waals surface area contributed by atoms with Crippen LogP contribution in [0.5, 0.6) is 5.75 Å². The number of rotatable bonds is 8. The standard InChI is InChI=1S/C22H21ClN4O2S/c1-15-11-16(2)26-22(25-15)30-14-21(28)27-24-12-17-5-9-20(10-6-17)29-13-18-3-7-19(23)8-4-18/h3-12H,13-14H2,1-2H3,(H,27,28)/b24-12-. The summed E-state index contributed by atoms with van der Waals surface area (Å²) in [5, 5.41) is 5.27. The van der Waals surface area contributed by atoms with Crippen LogP contribution in [0.3, 0.4) is 0 Å². The van der Waals surface area contributed by atoms with Crippen LogP contribution in [0.2, 0.25) is 5.02 Å². The van der Waals surface area contributed by atoms with Crippen LogP contribution in [0.15, 0.2) is 64.9 Å². The van der Waals surface area contributed by atoms with Crippen molar-refractivity contribution in [3.63, 3.8) is 0 Å². The van der Waals surface area contributed by atoms with Gasteiger partial charge in [0.25, 0.3) is 5.91 Å². The second-order valence-corrected chi connectivity index (χ2v) is 7.88. The first-order valence-electron chi connectivity index (χ1n) is 9.22. The van der Waals surface area contributed by atoms with Crippen molar-refractivity contribution in [3.05, 3.63) is 82.1 Å². The van der Waals surface area contributed by atoms with Gasteiger partial charge in [-0.25, -0.2) is 15.4 Å². The number of hydrazone groups is 1. The summed E-state index contributed by atoms with van der Waals surface area (Å²) in [7, 11) is 0. The molecule has 0 aliphatic rings. The van der Waals surface area contributed by atoms with Gasteiger partial charge in [-0.15, -0.1) is 0 Å². The van der Waals surface area contributed by atoms with Crippen LogP contribution in [0.4, 0.5) is 0 Å². The molecule has 0 unspecified atom stereocenters. The number of thioether (sulfide) groups is 1. The summed E-state index contributed by atoms with van der Waals surface area (Å²) in [5.41, 5.74) is 6.15. The number of hydrogen-bond donors (Lipinski definition) is 1. The minimum atomic E-state index is -0.220. The lowest BCUT2D eigenvalue weighted by atomic mass is 10.2. The molecule has 0 radical (unpaired) electrons. The van der Waals surface area contributed by atoms with Gasteiger partial charge >= 0.3 is 0 Å². The molecule has 0 aliphatic heterocycles. The van der Waals surface area contributed by atoms with Crippen molar-refractivity contribution in [3.8, 4) is 5.75 Å². The summed E-state index contributed by atoms with van der Waals surface area (Å²) in [4.78, 5) is 20.5. The Balaban J connectivity index is 1.43. The van der Waals surface area contributed by atoms with Crippen LogP contribution in [0.1, 0.15) is 22.5 Å². The fourth-order valence-electron chi connectivity index (χ4n) is 2.50. The molecule has 1 amide bonds. The zero-order chi connectivity index (χ0) is 21.3. The van der Waals surface area contributed by atoms with Crippen LogP contribution in [0, 0.1) is 13.8 Å².